The average Bonchev–Trinajstić information content (AvgIpc) is 2.68. The molecule has 0 unspecified atom stereocenters. The van der Waals surface area contributed by atoms with Crippen molar-refractivity contribution < 1.29 is 9.59 Å². The molecule has 156 valence electrons. The molecule has 0 aliphatic carbocycles. The monoisotopic (exact) mass is 389 g/mol. The van der Waals surface area contributed by atoms with Crippen molar-refractivity contribution in [1.29, 1.82) is 0 Å². The lowest BCUT2D eigenvalue weighted by atomic mass is 10.1. The molecular weight excluding hydrogens is 354 g/mol. The SMILES string of the molecule is CCNC(=NCCC(=O)N(CC)CC)NCCc1cccc(C(=O)N(C)C)c1. The minimum absolute atomic E-state index is 0.00239. The molecule has 1 aromatic rings. The van der Waals surface area contributed by atoms with Gasteiger partial charge in [-0.3, -0.25) is 14.6 Å². The second kappa shape index (κ2) is 12.8. The van der Waals surface area contributed by atoms with Gasteiger partial charge < -0.3 is 20.4 Å². The number of nitrogens with one attached hydrogen (secondary N) is 2. The molecule has 0 radical (unpaired) electrons. The largest absolute Gasteiger partial charge is 0.357 e. The van der Waals surface area contributed by atoms with E-state index in [1.807, 2.05) is 49.9 Å². The van der Waals surface area contributed by atoms with Crippen molar-refractivity contribution in [2.75, 3.05) is 46.8 Å². The summed E-state index contributed by atoms with van der Waals surface area (Å²) in [7, 11) is 3.50. The number of amides is 2. The van der Waals surface area contributed by atoms with Crippen molar-refractivity contribution >= 4 is 17.8 Å². The van der Waals surface area contributed by atoms with E-state index in [1.165, 1.54) is 0 Å². The number of rotatable bonds is 10. The topological polar surface area (TPSA) is 77.0 Å². The maximum absolute atomic E-state index is 12.1. The third kappa shape index (κ3) is 7.98. The summed E-state index contributed by atoms with van der Waals surface area (Å²) in [6.45, 7) is 9.33. The summed E-state index contributed by atoms with van der Waals surface area (Å²) in [6, 6.07) is 7.68. The Kier molecular flexibility index (Phi) is 10.7. The van der Waals surface area contributed by atoms with Gasteiger partial charge in [0.1, 0.15) is 0 Å². The molecule has 0 atom stereocenters. The fraction of sp³-hybridized carbons (Fsp3) is 0.571. The molecule has 7 heteroatoms. The number of hydrogen-bond donors (Lipinski definition) is 2. The first-order chi connectivity index (χ1) is 13.4. The van der Waals surface area contributed by atoms with Gasteiger partial charge in [-0.15, -0.1) is 0 Å². The van der Waals surface area contributed by atoms with Crippen molar-refractivity contribution in [1.82, 2.24) is 20.4 Å². The van der Waals surface area contributed by atoms with E-state index >= 15 is 0 Å². The summed E-state index contributed by atoms with van der Waals surface area (Å²) in [4.78, 5) is 32.0. The molecule has 1 aromatic carbocycles. The predicted molar refractivity (Wildman–Crippen MR) is 115 cm³/mol. The number of carbonyl (C=O) groups is 2. The van der Waals surface area contributed by atoms with Crippen LogP contribution < -0.4 is 10.6 Å². The molecule has 7 nitrogen and oxygen atoms in total. The Balaban J connectivity index is 2.56. The highest BCUT2D eigenvalue weighted by molar-refractivity contribution is 5.94. The number of guanidine groups is 1. The number of aliphatic imine (C=N–C) groups is 1. The van der Waals surface area contributed by atoms with Gasteiger partial charge in [0, 0.05) is 52.3 Å². The summed E-state index contributed by atoms with van der Waals surface area (Å²) in [5.41, 5.74) is 1.78. The molecule has 28 heavy (non-hydrogen) atoms. The molecule has 0 fully saturated rings. The van der Waals surface area contributed by atoms with Gasteiger partial charge in [0.25, 0.3) is 5.91 Å². The van der Waals surface area contributed by atoms with Crippen LogP contribution in [0, 0.1) is 0 Å². The molecule has 0 saturated heterocycles. The van der Waals surface area contributed by atoms with Crippen molar-refractivity contribution in [3.63, 3.8) is 0 Å². The smallest absolute Gasteiger partial charge is 0.253 e. The molecular formula is C21H35N5O2. The standard InChI is InChI=1S/C21H35N5O2/c1-6-22-21(24-15-13-19(27)26(7-2)8-3)23-14-12-17-10-9-11-18(16-17)20(28)25(4)5/h9-11,16H,6-8,12-15H2,1-5H3,(H2,22,23,24). The Morgan fingerprint density at radius 3 is 2.39 bits per heavy atom. The minimum Gasteiger partial charge on any atom is -0.357 e. The highest BCUT2D eigenvalue weighted by Gasteiger charge is 2.09. The van der Waals surface area contributed by atoms with Gasteiger partial charge in [-0.1, -0.05) is 12.1 Å². The molecule has 0 aliphatic rings. The highest BCUT2D eigenvalue weighted by Crippen LogP contribution is 2.07. The van der Waals surface area contributed by atoms with Crippen LogP contribution in [0.3, 0.4) is 0 Å². The minimum atomic E-state index is 0.00239. The Bertz CT molecular complexity index is 654. The van der Waals surface area contributed by atoms with Crippen molar-refractivity contribution in [2.24, 2.45) is 4.99 Å². The average molecular weight is 390 g/mol. The molecule has 0 aromatic heterocycles. The third-order valence-electron chi connectivity index (χ3n) is 4.34. The number of nitrogens with zero attached hydrogens (tertiary/aromatic N) is 3. The van der Waals surface area contributed by atoms with Crippen LogP contribution in [-0.2, 0) is 11.2 Å². The molecule has 1 rings (SSSR count). The lowest BCUT2D eigenvalue weighted by molar-refractivity contribution is -0.130. The van der Waals surface area contributed by atoms with Crippen LogP contribution >= 0.6 is 0 Å². The predicted octanol–water partition coefficient (Wildman–Crippen LogP) is 1.74. The summed E-state index contributed by atoms with van der Waals surface area (Å²) in [5, 5.41) is 6.49. The van der Waals surface area contributed by atoms with E-state index in [-0.39, 0.29) is 11.8 Å². The Morgan fingerprint density at radius 1 is 1.07 bits per heavy atom. The van der Waals surface area contributed by atoms with E-state index in [2.05, 4.69) is 15.6 Å². The van der Waals surface area contributed by atoms with Gasteiger partial charge in [0.15, 0.2) is 5.96 Å². The van der Waals surface area contributed by atoms with Gasteiger partial charge in [0.2, 0.25) is 5.91 Å². The van der Waals surface area contributed by atoms with Gasteiger partial charge >= 0.3 is 0 Å². The molecule has 0 heterocycles. The summed E-state index contributed by atoms with van der Waals surface area (Å²) < 4.78 is 0. The van der Waals surface area contributed by atoms with Gasteiger partial charge in [-0.05, 0) is 44.9 Å². The zero-order valence-electron chi connectivity index (χ0n) is 17.9. The molecule has 2 N–H and O–H groups in total. The third-order valence-corrected chi connectivity index (χ3v) is 4.34. The lowest BCUT2D eigenvalue weighted by Crippen LogP contribution is -2.38. The molecule has 0 bridgehead atoms. The lowest BCUT2D eigenvalue weighted by Gasteiger charge is -2.18. The zero-order valence-corrected chi connectivity index (χ0v) is 17.9. The van der Waals surface area contributed by atoms with Gasteiger partial charge in [-0.2, -0.15) is 0 Å². The highest BCUT2D eigenvalue weighted by atomic mass is 16.2. The van der Waals surface area contributed by atoms with Crippen LogP contribution in [0.2, 0.25) is 0 Å². The number of carbonyl (C=O) groups excluding carboxylic acids is 2. The second-order valence-corrected chi connectivity index (χ2v) is 6.65. The molecule has 0 aliphatic heterocycles. The van der Waals surface area contributed by atoms with Crippen molar-refractivity contribution in [2.45, 2.75) is 33.6 Å². The second-order valence-electron chi connectivity index (χ2n) is 6.65. The van der Waals surface area contributed by atoms with Crippen LogP contribution in [0.1, 0.15) is 43.1 Å². The quantitative estimate of drug-likeness (QED) is 0.472. The first-order valence-electron chi connectivity index (χ1n) is 10.0. The molecule has 2 amide bonds. The molecule has 0 saturated carbocycles. The number of benzene rings is 1. The van der Waals surface area contributed by atoms with Gasteiger partial charge in [-0.25, -0.2) is 0 Å². The van der Waals surface area contributed by atoms with Crippen LogP contribution in [0.5, 0.6) is 0 Å². The van der Waals surface area contributed by atoms with E-state index < -0.39 is 0 Å². The summed E-state index contributed by atoms with van der Waals surface area (Å²) in [5.74, 6) is 0.838. The van der Waals surface area contributed by atoms with Crippen LogP contribution in [0.15, 0.2) is 29.3 Å². The van der Waals surface area contributed by atoms with E-state index in [0.717, 1.165) is 31.6 Å². The Hall–Kier alpha value is -2.57. The van der Waals surface area contributed by atoms with E-state index in [0.29, 0.717) is 31.0 Å². The van der Waals surface area contributed by atoms with E-state index in [1.54, 1.807) is 19.0 Å². The summed E-state index contributed by atoms with van der Waals surface area (Å²) in [6.07, 6.45) is 1.18. The fourth-order valence-electron chi connectivity index (χ4n) is 2.78. The maximum Gasteiger partial charge on any atom is 0.253 e. The first kappa shape index (κ1) is 23.5. The van der Waals surface area contributed by atoms with E-state index in [4.69, 9.17) is 0 Å². The van der Waals surface area contributed by atoms with Crippen molar-refractivity contribution in [3.05, 3.63) is 35.4 Å². The normalized spacial score (nSPS) is 11.1. The van der Waals surface area contributed by atoms with Crippen LogP contribution in [-0.4, -0.2) is 74.4 Å². The molecule has 0 spiro atoms. The fourth-order valence-corrected chi connectivity index (χ4v) is 2.78. The first-order valence-corrected chi connectivity index (χ1v) is 10.0. The summed E-state index contributed by atoms with van der Waals surface area (Å²) >= 11 is 0. The van der Waals surface area contributed by atoms with Crippen LogP contribution in [0.25, 0.3) is 0 Å². The van der Waals surface area contributed by atoms with Gasteiger partial charge in [0.05, 0.1) is 6.54 Å². The Morgan fingerprint density at radius 2 is 1.79 bits per heavy atom. The van der Waals surface area contributed by atoms with Crippen LogP contribution in [0.4, 0.5) is 0 Å². The van der Waals surface area contributed by atoms with Crippen molar-refractivity contribution in [3.8, 4) is 0 Å². The zero-order chi connectivity index (χ0) is 20.9. The van der Waals surface area contributed by atoms with E-state index in [9.17, 15) is 9.59 Å². The maximum atomic E-state index is 12.1. The number of hydrogen-bond acceptors (Lipinski definition) is 3. The Labute approximate surface area is 169 Å².